The molecule has 1 aliphatic heterocycles. The number of hydrogen-bond donors (Lipinski definition) is 1. The quantitative estimate of drug-likeness (QED) is 0.688. The van der Waals surface area contributed by atoms with Crippen molar-refractivity contribution in [2.45, 2.75) is 64.8 Å². The van der Waals surface area contributed by atoms with Gasteiger partial charge in [-0.05, 0) is 72.9 Å². The maximum Gasteiger partial charge on any atom is 0.251 e. The molecular weight excluding hydrogens is 408 g/mol. The highest BCUT2D eigenvalue weighted by molar-refractivity contribution is 7.89. The summed E-state index contributed by atoms with van der Waals surface area (Å²) in [6, 6.07) is 11.3. The largest absolute Gasteiger partial charge is 0.348 e. The summed E-state index contributed by atoms with van der Waals surface area (Å²) in [6.07, 6.45) is 3.58. The number of hydrogen-bond acceptors (Lipinski definition) is 3. The first-order valence-corrected chi connectivity index (χ1v) is 12.7. The molecule has 1 heterocycles. The van der Waals surface area contributed by atoms with E-state index < -0.39 is 10.0 Å². The zero-order valence-corrected chi connectivity index (χ0v) is 19.9. The molecule has 5 nitrogen and oxygen atoms in total. The van der Waals surface area contributed by atoms with E-state index >= 15 is 0 Å². The van der Waals surface area contributed by atoms with Gasteiger partial charge in [0.05, 0.1) is 4.90 Å². The van der Waals surface area contributed by atoms with Crippen molar-refractivity contribution >= 4 is 15.9 Å². The van der Waals surface area contributed by atoms with Crippen LogP contribution in [0.1, 0.15) is 66.2 Å². The minimum atomic E-state index is -3.59. The highest BCUT2D eigenvalue weighted by atomic mass is 32.2. The number of rotatable bonds is 7. The first-order chi connectivity index (χ1) is 14.8. The van der Waals surface area contributed by atoms with Crippen molar-refractivity contribution in [3.8, 4) is 0 Å². The average Bonchev–Trinajstić information content (AvgIpc) is 2.77. The molecule has 1 saturated heterocycles. The SMILES string of the molecule is CCc1ccc(CC)c(CNC(=O)c2cc(S(=O)(=O)N3CCC(C)CC3)ccc2C)c1. The second-order valence-corrected chi connectivity index (χ2v) is 10.5. The topological polar surface area (TPSA) is 66.5 Å². The number of benzene rings is 2. The van der Waals surface area contributed by atoms with E-state index in [0.717, 1.165) is 36.8 Å². The van der Waals surface area contributed by atoms with Crippen molar-refractivity contribution < 1.29 is 13.2 Å². The predicted molar refractivity (Wildman–Crippen MR) is 125 cm³/mol. The van der Waals surface area contributed by atoms with Crippen molar-refractivity contribution in [1.29, 1.82) is 0 Å². The fourth-order valence-electron chi connectivity index (χ4n) is 4.06. The third-order valence-electron chi connectivity index (χ3n) is 6.33. The Morgan fingerprint density at radius 1 is 1.03 bits per heavy atom. The molecule has 0 spiro atoms. The first-order valence-electron chi connectivity index (χ1n) is 11.3. The number of nitrogens with one attached hydrogen (secondary N) is 1. The van der Waals surface area contributed by atoms with Gasteiger partial charge >= 0.3 is 0 Å². The highest BCUT2D eigenvalue weighted by Gasteiger charge is 2.29. The van der Waals surface area contributed by atoms with Gasteiger partial charge in [-0.15, -0.1) is 0 Å². The zero-order chi connectivity index (χ0) is 22.6. The van der Waals surface area contributed by atoms with E-state index in [2.05, 4.69) is 44.3 Å². The van der Waals surface area contributed by atoms with Gasteiger partial charge in [-0.1, -0.05) is 45.0 Å². The van der Waals surface area contributed by atoms with E-state index in [0.29, 0.717) is 31.1 Å². The summed E-state index contributed by atoms with van der Waals surface area (Å²) in [6.45, 7) is 9.70. The number of amides is 1. The van der Waals surface area contributed by atoms with Gasteiger partial charge in [0.2, 0.25) is 10.0 Å². The Kier molecular flexibility index (Phi) is 7.55. The van der Waals surface area contributed by atoms with Crippen LogP contribution >= 0.6 is 0 Å². The van der Waals surface area contributed by atoms with Crippen molar-refractivity contribution in [2.75, 3.05) is 13.1 Å². The lowest BCUT2D eigenvalue weighted by molar-refractivity contribution is 0.0950. The smallest absolute Gasteiger partial charge is 0.251 e. The lowest BCUT2D eigenvalue weighted by Gasteiger charge is -2.29. The standard InChI is InChI=1S/C25H34N2O3S/c1-5-20-8-9-21(6-2)22(15-20)17-26-25(28)24-16-23(10-7-19(24)4)31(29,30)27-13-11-18(3)12-14-27/h7-10,15-16,18H,5-6,11-14,17H2,1-4H3,(H,26,28). The van der Waals surface area contributed by atoms with Gasteiger partial charge in [-0.3, -0.25) is 4.79 Å². The third-order valence-corrected chi connectivity index (χ3v) is 8.23. The molecule has 6 heteroatoms. The Hall–Kier alpha value is -2.18. The second kappa shape index (κ2) is 9.96. The summed E-state index contributed by atoms with van der Waals surface area (Å²) in [5, 5.41) is 3.00. The van der Waals surface area contributed by atoms with E-state index in [1.165, 1.54) is 17.2 Å². The van der Waals surface area contributed by atoms with Crippen LogP contribution in [0.25, 0.3) is 0 Å². The van der Waals surface area contributed by atoms with Crippen LogP contribution in [0.15, 0.2) is 41.3 Å². The van der Waals surface area contributed by atoms with Crippen molar-refractivity contribution in [3.63, 3.8) is 0 Å². The fourth-order valence-corrected chi connectivity index (χ4v) is 5.56. The Labute approximate surface area is 186 Å². The molecule has 2 aromatic carbocycles. The molecule has 1 fully saturated rings. The monoisotopic (exact) mass is 442 g/mol. The summed E-state index contributed by atoms with van der Waals surface area (Å²) < 4.78 is 27.8. The van der Waals surface area contributed by atoms with E-state index in [1.54, 1.807) is 16.4 Å². The number of carbonyl (C=O) groups excluding carboxylic acids is 1. The van der Waals surface area contributed by atoms with Crippen LogP contribution in [0.5, 0.6) is 0 Å². The maximum absolute atomic E-state index is 13.1. The number of sulfonamides is 1. The van der Waals surface area contributed by atoms with Crippen LogP contribution < -0.4 is 5.32 Å². The molecule has 168 valence electrons. The second-order valence-electron chi connectivity index (χ2n) is 8.56. The van der Waals surface area contributed by atoms with Crippen LogP contribution in [0.2, 0.25) is 0 Å². The van der Waals surface area contributed by atoms with Crippen LogP contribution in [-0.2, 0) is 29.4 Å². The Morgan fingerprint density at radius 2 is 1.74 bits per heavy atom. The molecule has 0 unspecified atom stereocenters. The van der Waals surface area contributed by atoms with E-state index in [1.807, 2.05) is 6.92 Å². The van der Waals surface area contributed by atoms with Crippen molar-refractivity contribution in [2.24, 2.45) is 5.92 Å². The third kappa shape index (κ3) is 5.36. The summed E-state index contributed by atoms with van der Waals surface area (Å²) >= 11 is 0. The summed E-state index contributed by atoms with van der Waals surface area (Å²) in [5.41, 5.74) is 4.74. The van der Waals surface area contributed by atoms with Gasteiger partial charge in [0.25, 0.3) is 5.91 Å². The minimum absolute atomic E-state index is 0.194. The van der Waals surface area contributed by atoms with Crippen molar-refractivity contribution in [3.05, 3.63) is 64.2 Å². The van der Waals surface area contributed by atoms with Gasteiger partial charge < -0.3 is 5.32 Å². The van der Waals surface area contributed by atoms with E-state index in [-0.39, 0.29) is 10.8 Å². The van der Waals surface area contributed by atoms with Gasteiger partial charge in [0.1, 0.15) is 0 Å². The molecule has 2 aromatic rings. The number of carbonyl (C=O) groups is 1. The maximum atomic E-state index is 13.1. The molecule has 0 radical (unpaired) electrons. The summed E-state index contributed by atoms with van der Waals surface area (Å²) in [4.78, 5) is 13.2. The van der Waals surface area contributed by atoms with Crippen LogP contribution in [-0.4, -0.2) is 31.7 Å². The van der Waals surface area contributed by atoms with Crippen LogP contribution in [0, 0.1) is 12.8 Å². The molecule has 1 aliphatic rings. The molecule has 1 N–H and O–H groups in total. The average molecular weight is 443 g/mol. The van der Waals surface area contributed by atoms with E-state index in [9.17, 15) is 13.2 Å². The normalized spacial score (nSPS) is 15.7. The molecule has 0 bridgehead atoms. The number of piperidine rings is 1. The Balaban J connectivity index is 1.79. The molecule has 0 atom stereocenters. The van der Waals surface area contributed by atoms with E-state index in [4.69, 9.17) is 0 Å². The lowest BCUT2D eigenvalue weighted by Crippen LogP contribution is -2.38. The van der Waals surface area contributed by atoms with Gasteiger partial charge in [-0.2, -0.15) is 4.31 Å². The number of aryl methyl sites for hydroxylation is 3. The summed E-state index contributed by atoms with van der Waals surface area (Å²) in [7, 11) is -3.59. The molecule has 3 rings (SSSR count). The Morgan fingerprint density at radius 3 is 2.39 bits per heavy atom. The zero-order valence-electron chi connectivity index (χ0n) is 19.1. The first kappa shape index (κ1) is 23.5. The Bertz CT molecular complexity index is 1040. The van der Waals surface area contributed by atoms with Crippen LogP contribution in [0.3, 0.4) is 0 Å². The van der Waals surface area contributed by atoms with Crippen molar-refractivity contribution in [1.82, 2.24) is 9.62 Å². The molecule has 31 heavy (non-hydrogen) atoms. The van der Waals surface area contributed by atoms with Gasteiger partial charge in [0, 0.05) is 25.2 Å². The number of nitrogens with zero attached hydrogens (tertiary/aromatic N) is 1. The fraction of sp³-hybridized carbons (Fsp3) is 0.480. The molecular formula is C25H34N2O3S. The summed E-state index contributed by atoms with van der Waals surface area (Å²) in [5.74, 6) is 0.302. The minimum Gasteiger partial charge on any atom is -0.348 e. The van der Waals surface area contributed by atoms with Gasteiger partial charge in [0.15, 0.2) is 0 Å². The molecule has 1 amide bonds. The molecule has 0 aromatic heterocycles. The predicted octanol–water partition coefficient (Wildman–Crippen LogP) is 4.47. The lowest BCUT2D eigenvalue weighted by atomic mass is 10.0. The van der Waals surface area contributed by atoms with Crippen LogP contribution in [0.4, 0.5) is 0 Å². The highest BCUT2D eigenvalue weighted by Crippen LogP contribution is 2.25. The molecule has 0 aliphatic carbocycles. The van der Waals surface area contributed by atoms with Gasteiger partial charge in [-0.25, -0.2) is 8.42 Å². The molecule has 0 saturated carbocycles.